The van der Waals surface area contributed by atoms with Gasteiger partial charge in [-0.2, -0.15) is 0 Å². The van der Waals surface area contributed by atoms with Crippen LogP contribution in [0.5, 0.6) is 0 Å². The van der Waals surface area contributed by atoms with E-state index in [0.29, 0.717) is 41.4 Å². The van der Waals surface area contributed by atoms with Gasteiger partial charge in [0.25, 0.3) is 0 Å². The SMILES string of the molecule is CCCS(=O)(=O)Nc1cccc(NC(=O)CCc2ncc(-c3ccc(C)cc3)o2)c1C. The molecule has 3 rings (SSSR count). The number of carbonyl (C=O) groups is 1. The molecule has 0 radical (unpaired) electrons. The average Bonchev–Trinajstić information content (AvgIpc) is 3.19. The van der Waals surface area contributed by atoms with Gasteiger partial charge in [-0.15, -0.1) is 0 Å². The molecule has 0 aliphatic heterocycles. The van der Waals surface area contributed by atoms with Crippen LogP contribution in [0.25, 0.3) is 11.3 Å². The smallest absolute Gasteiger partial charge is 0.232 e. The maximum atomic E-state index is 12.4. The van der Waals surface area contributed by atoms with Crippen LogP contribution in [-0.4, -0.2) is 25.1 Å². The number of hydrogen-bond acceptors (Lipinski definition) is 5. The summed E-state index contributed by atoms with van der Waals surface area (Å²) in [6, 6.07) is 13.1. The molecule has 0 atom stereocenters. The van der Waals surface area contributed by atoms with Crippen LogP contribution < -0.4 is 10.0 Å². The van der Waals surface area contributed by atoms with Crippen molar-refractivity contribution in [3.05, 3.63) is 65.7 Å². The molecule has 1 aromatic heterocycles. The number of benzene rings is 2. The van der Waals surface area contributed by atoms with E-state index < -0.39 is 10.0 Å². The summed E-state index contributed by atoms with van der Waals surface area (Å²) in [4.78, 5) is 16.7. The number of amides is 1. The lowest BCUT2D eigenvalue weighted by Crippen LogP contribution is -2.18. The molecular weight excluding hydrogens is 414 g/mol. The zero-order chi connectivity index (χ0) is 22.4. The van der Waals surface area contributed by atoms with E-state index in [0.717, 1.165) is 11.1 Å². The number of sulfonamides is 1. The highest BCUT2D eigenvalue weighted by atomic mass is 32.2. The van der Waals surface area contributed by atoms with Crippen molar-refractivity contribution in [2.45, 2.75) is 40.0 Å². The van der Waals surface area contributed by atoms with Gasteiger partial charge in [0.15, 0.2) is 11.7 Å². The third kappa shape index (κ3) is 6.18. The number of oxazole rings is 1. The number of nitrogens with zero attached hydrogens (tertiary/aromatic N) is 1. The van der Waals surface area contributed by atoms with E-state index in [2.05, 4.69) is 15.0 Å². The van der Waals surface area contributed by atoms with E-state index in [-0.39, 0.29) is 18.1 Å². The normalized spacial score (nSPS) is 11.3. The lowest BCUT2D eigenvalue weighted by molar-refractivity contribution is -0.116. The van der Waals surface area contributed by atoms with Gasteiger partial charge < -0.3 is 9.73 Å². The van der Waals surface area contributed by atoms with Crippen molar-refractivity contribution in [3.8, 4) is 11.3 Å². The van der Waals surface area contributed by atoms with Crippen molar-refractivity contribution in [1.29, 1.82) is 0 Å². The molecule has 0 saturated heterocycles. The van der Waals surface area contributed by atoms with Crippen molar-refractivity contribution < 1.29 is 17.6 Å². The molecule has 7 nitrogen and oxygen atoms in total. The second-order valence-electron chi connectivity index (χ2n) is 7.43. The third-order valence-electron chi connectivity index (χ3n) is 4.80. The Balaban J connectivity index is 1.60. The Hall–Kier alpha value is -3.13. The molecule has 0 aliphatic rings. The minimum atomic E-state index is -3.41. The van der Waals surface area contributed by atoms with Crippen molar-refractivity contribution in [1.82, 2.24) is 4.98 Å². The molecule has 2 N–H and O–H groups in total. The Morgan fingerprint density at radius 3 is 2.48 bits per heavy atom. The van der Waals surface area contributed by atoms with E-state index in [9.17, 15) is 13.2 Å². The van der Waals surface area contributed by atoms with Crippen LogP contribution in [-0.2, 0) is 21.2 Å². The molecule has 1 heterocycles. The third-order valence-corrected chi connectivity index (χ3v) is 6.28. The molecule has 0 spiro atoms. The Bertz CT molecular complexity index is 1150. The largest absolute Gasteiger partial charge is 0.441 e. The topological polar surface area (TPSA) is 101 Å². The summed E-state index contributed by atoms with van der Waals surface area (Å²) in [6.45, 7) is 5.59. The highest BCUT2D eigenvalue weighted by molar-refractivity contribution is 7.92. The number of aromatic nitrogens is 1. The number of rotatable bonds is 9. The first kappa shape index (κ1) is 22.6. The molecule has 31 heavy (non-hydrogen) atoms. The van der Waals surface area contributed by atoms with Crippen LogP contribution in [0, 0.1) is 13.8 Å². The molecule has 0 unspecified atom stereocenters. The Labute approximate surface area is 183 Å². The molecule has 1 amide bonds. The first-order valence-electron chi connectivity index (χ1n) is 10.2. The number of carbonyl (C=O) groups excluding carboxylic acids is 1. The summed E-state index contributed by atoms with van der Waals surface area (Å²) in [5, 5.41) is 2.84. The maximum Gasteiger partial charge on any atom is 0.232 e. The predicted octanol–water partition coefficient (Wildman–Crippen LogP) is 4.68. The molecular formula is C23H27N3O4S. The number of aryl methyl sites for hydroxylation is 2. The highest BCUT2D eigenvalue weighted by Crippen LogP contribution is 2.25. The monoisotopic (exact) mass is 441 g/mol. The van der Waals surface area contributed by atoms with Crippen LogP contribution in [0.15, 0.2) is 53.1 Å². The Morgan fingerprint density at radius 1 is 1.06 bits per heavy atom. The second-order valence-corrected chi connectivity index (χ2v) is 9.27. The minimum absolute atomic E-state index is 0.0454. The average molecular weight is 442 g/mol. The molecule has 0 saturated carbocycles. The lowest BCUT2D eigenvalue weighted by Gasteiger charge is -2.14. The first-order chi connectivity index (χ1) is 14.8. The van der Waals surface area contributed by atoms with Crippen LogP contribution in [0.2, 0.25) is 0 Å². The first-order valence-corrected chi connectivity index (χ1v) is 11.8. The fraction of sp³-hybridized carbons (Fsp3) is 0.304. The van der Waals surface area contributed by atoms with Gasteiger partial charge in [0.2, 0.25) is 15.9 Å². The Kier molecular flexibility index (Phi) is 7.12. The van der Waals surface area contributed by atoms with E-state index >= 15 is 0 Å². The van der Waals surface area contributed by atoms with Gasteiger partial charge in [-0.1, -0.05) is 42.8 Å². The highest BCUT2D eigenvalue weighted by Gasteiger charge is 2.14. The standard InChI is InChI=1S/C23H27N3O4S/c1-4-14-31(28,29)26-20-7-5-6-19(17(20)3)25-22(27)12-13-23-24-15-21(30-23)18-10-8-16(2)9-11-18/h5-11,15,26H,4,12-14H2,1-3H3,(H,25,27). The van der Waals surface area contributed by atoms with Gasteiger partial charge in [-0.05, 0) is 38.0 Å². The van der Waals surface area contributed by atoms with Crippen LogP contribution in [0.1, 0.15) is 36.8 Å². The van der Waals surface area contributed by atoms with Gasteiger partial charge in [0, 0.05) is 24.1 Å². The summed E-state index contributed by atoms with van der Waals surface area (Å²) < 4.78 is 32.4. The summed E-state index contributed by atoms with van der Waals surface area (Å²) in [7, 11) is -3.41. The zero-order valence-corrected chi connectivity index (χ0v) is 18.8. The van der Waals surface area contributed by atoms with Crippen LogP contribution in [0.3, 0.4) is 0 Å². The molecule has 164 valence electrons. The van der Waals surface area contributed by atoms with Crippen LogP contribution >= 0.6 is 0 Å². The molecule has 0 fully saturated rings. The lowest BCUT2D eigenvalue weighted by atomic mass is 10.1. The summed E-state index contributed by atoms with van der Waals surface area (Å²) in [6.07, 6.45) is 2.74. The predicted molar refractivity (Wildman–Crippen MR) is 123 cm³/mol. The van der Waals surface area contributed by atoms with Crippen molar-refractivity contribution in [3.63, 3.8) is 0 Å². The van der Waals surface area contributed by atoms with Crippen molar-refractivity contribution in [2.75, 3.05) is 15.8 Å². The fourth-order valence-electron chi connectivity index (χ4n) is 3.08. The summed E-state index contributed by atoms with van der Waals surface area (Å²) >= 11 is 0. The second kappa shape index (κ2) is 9.78. The van der Waals surface area contributed by atoms with Gasteiger partial charge in [0.1, 0.15) is 0 Å². The summed E-state index contributed by atoms with van der Waals surface area (Å²) in [5.74, 6) is 0.998. The molecule has 2 aromatic carbocycles. The number of nitrogens with one attached hydrogen (secondary N) is 2. The molecule has 0 bridgehead atoms. The van der Waals surface area contributed by atoms with Gasteiger partial charge >= 0.3 is 0 Å². The van der Waals surface area contributed by atoms with Gasteiger partial charge in [0.05, 0.1) is 17.6 Å². The van der Waals surface area contributed by atoms with Crippen molar-refractivity contribution >= 4 is 27.3 Å². The van der Waals surface area contributed by atoms with E-state index in [4.69, 9.17) is 4.42 Å². The fourth-order valence-corrected chi connectivity index (χ4v) is 4.27. The Morgan fingerprint density at radius 2 is 1.77 bits per heavy atom. The quantitative estimate of drug-likeness (QED) is 0.502. The maximum absolute atomic E-state index is 12.4. The van der Waals surface area contributed by atoms with E-state index in [1.54, 1.807) is 38.2 Å². The van der Waals surface area contributed by atoms with E-state index in [1.807, 2.05) is 31.2 Å². The minimum Gasteiger partial charge on any atom is -0.441 e. The molecule has 0 aliphatic carbocycles. The number of hydrogen-bond donors (Lipinski definition) is 2. The van der Waals surface area contributed by atoms with Gasteiger partial charge in [-0.25, -0.2) is 13.4 Å². The zero-order valence-electron chi connectivity index (χ0n) is 17.9. The van der Waals surface area contributed by atoms with Crippen LogP contribution in [0.4, 0.5) is 11.4 Å². The number of anilines is 2. The molecule has 8 heteroatoms. The van der Waals surface area contributed by atoms with Crippen molar-refractivity contribution in [2.24, 2.45) is 0 Å². The van der Waals surface area contributed by atoms with E-state index in [1.165, 1.54) is 0 Å². The summed E-state index contributed by atoms with van der Waals surface area (Å²) in [5.41, 5.74) is 3.79. The molecule has 3 aromatic rings. The van der Waals surface area contributed by atoms with Gasteiger partial charge in [-0.3, -0.25) is 9.52 Å².